The average molecular weight is 397 g/mol. The van der Waals surface area contributed by atoms with Crippen molar-refractivity contribution >= 4 is 16.7 Å². The number of rotatable bonds is 7. The van der Waals surface area contributed by atoms with Gasteiger partial charge in [-0.1, -0.05) is 32.0 Å². The van der Waals surface area contributed by atoms with Gasteiger partial charge in [0.2, 0.25) is 0 Å². The fraction of sp³-hybridized carbons (Fsp3) is 0.273. The van der Waals surface area contributed by atoms with E-state index in [0.717, 1.165) is 0 Å². The van der Waals surface area contributed by atoms with Crippen LogP contribution in [0.4, 0.5) is 4.39 Å². The molecule has 0 saturated heterocycles. The quantitative estimate of drug-likeness (QED) is 0.640. The number of carbonyl (C=O) groups is 1. The number of primary amides is 1. The topological polar surface area (TPSA) is 100 Å². The highest BCUT2D eigenvalue weighted by molar-refractivity contribution is 5.98. The third kappa shape index (κ3) is 4.14. The molecule has 0 atom stereocenters. The SMILES string of the molecule is CC(C)Cn1c(CN)c(-c2ccccc2F)c2cc(OCC(N)=O)ccc2c1=O. The summed E-state index contributed by atoms with van der Waals surface area (Å²) in [6.45, 7) is 4.23. The first-order valence-electron chi connectivity index (χ1n) is 9.39. The molecule has 2 aromatic carbocycles. The first-order valence-corrected chi connectivity index (χ1v) is 9.39. The van der Waals surface area contributed by atoms with E-state index in [9.17, 15) is 14.0 Å². The second-order valence-corrected chi connectivity index (χ2v) is 7.28. The number of aromatic nitrogens is 1. The minimum absolute atomic E-state index is 0.0634. The number of ether oxygens (including phenoxy) is 1. The Morgan fingerprint density at radius 1 is 1.17 bits per heavy atom. The number of amides is 1. The van der Waals surface area contributed by atoms with Gasteiger partial charge in [0.1, 0.15) is 11.6 Å². The Morgan fingerprint density at radius 3 is 2.52 bits per heavy atom. The van der Waals surface area contributed by atoms with Crippen LogP contribution in [0.25, 0.3) is 21.9 Å². The summed E-state index contributed by atoms with van der Waals surface area (Å²) < 4.78 is 21.8. The average Bonchev–Trinajstić information content (AvgIpc) is 2.68. The van der Waals surface area contributed by atoms with Gasteiger partial charge in [0.05, 0.1) is 0 Å². The molecule has 3 rings (SSSR count). The molecule has 0 spiro atoms. The van der Waals surface area contributed by atoms with Crippen LogP contribution in [0.5, 0.6) is 5.75 Å². The Kier molecular flexibility index (Phi) is 5.98. The maximum Gasteiger partial charge on any atom is 0.258 e. The predicted molar refractivity (Wildman–Crippen MR) is 111 cm³/mol. The number of fused-ring (bicyclic) bond motifs is 1. The van der Waals surface area contributed by atoms with Crippen molar-refractivity contribution in [1.82, 2.24) is 4.57 Å². The third-order valence-electron chi connectivity index (χ3n) is 4.62. The third-order valence-corrected chi connectivity index (χ3v) is 4.62. The van der Waals surface area contributed by atoms with Gasteiger partial charge < -0.3 is 20.8 Å². The summed E-state index contributed by atoms with van der Waals surface area (Å²) in [4.78, 5) is 24.2. The van der Waals surface area contributed by atoms with Crippen LogP contribution in [0.3, 0.4) is 0 Å². The minimum atomic E-state index is -0.616. The van der Waals surface area contributed by atoms with E-state index < -0.39 is 11.7 Å². The van der Waals surface area contributed by atoms with Crippen LogP contribution in [0, 0.1) is 11.7 Å². The van der Waals surface area contributed by atoms with Crippen LogP contribution in [0.2, 0.25) is 0 Å². The fourth-order valence-electron chi connectivity index (χ4n) is 3.45. The molecule has 29 heavy (non-hydrogen) atoms. The molecule has 0 bridgehead atoms. The van der Waals surface area contributed by atoms with Crippen molar-refractivity contribution in [3.05, 3.63) is 64.3 Å². The number of hydrogen-bond donors (Lipinski definition) is 2. The van der Waals surface area contributed by atoms with E-state index in [1.807, 2.05) is 13.8 Å². The van der Waals surface area contributed by atoms with Gasteiger partial charge >= 0.3 is 0 Å². The van der Waals surface area contributed by atoms with Crippen molar-refractivity contribution < 1.29 is 13.9 Å². The normalized spacial score (nSPS) is 11.2. The number of nitrogens with zero attached hydrogens (tertiary/aromatic N) is 1. The zero-order chi connectivity index (χ0) is 21.1. The van der Waals surface area contributed by atoms with Crippen LogP contribution >= 0.6 is 0 Å². The second kappa shape index (κ2) is 8.45. The van der Waals surface area contributed by atoms with Crippen LogP contribution in [0.15, 0.2) is 47.3 Å². The van der Waals surface area contributed by atoms with Gasteiger partial charge in [-0.25, -0.2) is 4.39 Å². The Balaban J connectivity index is 2.39. The number of halogens is 1. The van der Waals surface area contributed by atoms with Gasteiger partial charge in [0.25, 0.3) is 11.5 Å². The van der Waals surface area contributed by atoms with E-state index in [2.05, 4.69) is 0 Å². The van der Waals surface area contributed by atoms with E-state index in [1.54, 1.807) is 41.0 Å². The van der Waals surface area contributed by atoms with Gasteiger partial charge in [-0.05, 0) is 30.2 Å². The van der Waals surface area contributed by atoms with Crippen molar-refractivity contribution in [3.8, 4) is 16.9 Å². The Bertz CT molecular complexity index is 1120. The number of nitrogens with two attached hydrogens (primary N) is 2. The van der Waals surface area contributed by atoms with Crippen molar-refractivity contribution in [1.29, 1.82) is 0 Å². The summed E-state index contributed by atoms with van der Waals surface area (Å²) in [6.07, 6.45) is 0. The number of benzene rings is 2. The summed E-state index contributed by atoms with van der Waals surface area (Å²) in [6, 6.07) is 11.2. The van der Waals surface area contributed by atoms with Crippen LogP contribution < -0.4 is 21.8 Å². The Labute approximate surface area is 167 Å². The standard InChI is InChI=1S/C22H24FN3O3/c1-13(2)11-26-19(10-24)21(16-5-3-4-6-18(16)23)17-9-14(29-12-20(25)27)7-8-15(17)22(26)28/h3-9,13H,10-12,24H2,1-2H3,(H2,25,27). The van der Waals surface area contributed by atoms with Gasteiger partial charge in [0.15, 0.2) is 6.61 Å². The molecule has 0 fully saturated rings. The highest BCUT2D eigenvalue weighted by Gasteiger charge is 2.20. The highest BCUT2D eigenvalue weighted by atomic mass is 19.1. The second-order valence-electron chi connectivity index (χ2n) is 7.28. The summed E-state index contributed by atoms with van der Waals surface area (Å²) in [5, 5.41) is 0.940. The molecule has 1 aromatic heterocycles. The molecule has 4 N–H and O–H groups in total. The van der Waals surface area contributed by atoms with Gasteiger partial charge in [-0.15, -0.1) is 0 Å². The zero-order valence-electron chi connectivity index (χ0n) is 16.4. The number of pyridine rings is 1. The molecule has 1 heterocycles. The molecule has 0 saturated carbocycles. The molecule has 7 heteroatoms. The Hall–Kier alpha value is -3.19. The maximum absolute atomic E-state index is 14.7. The molecule has 152 valence electrons. The smallest absolute Gasteiger partial charge is 0.258 e. The minimum Gasteiger partial charge on any atom is -0.484 e. The summed E-state index contributed by atoms with van der Waals surface area (Å²) in [7, 11) is 0. The maximum atomic E-state index is 14.7. The lowest BCUT2D eigenvalue weighted by Crippen LogP contribution is -2.28. The van der Waals surface area contributed by atoms with Crippen molar-refractivity contribution in [2.75, 3.05) is 6.61 Å². The van der Waals surface area contributed by atoms with E-state index in [0.29, 0.717) is 39.9 Å². The van der Waals surface area contributed by atoms with Gasteiger partial charge in [0, 0.05) is 40.7 Å². The van der Waals surface area contributed by atoms with E-state index in [-0.39, 0.29) is 24.6 Å². The molecule has 3 aromatic rings. The molecule has 0 aliphatic heterocycles. The molecular weight excluding hydrogens is 373 g/mol. The first-order chi connectivity index (χ1) is 13.8. The lowest BCUT2D eigenvalue weighted by Gasteiger charge is -2.21. The highest BCUT2D eigenvalue weighted by Crippen LogP contribution is 2.34. The zero-order valence-corrected chi connectivity index (χ0v) is 16.4. The number of carbonyl (C=O) groups excluding carboxylic acids is 1. The molecule has 0 aliphatic rings. The molecule has 0 radical (unpaired) electrons. The lowest BCUT2D eigenvalue weighted by molar-refractivity contribution is -0.119. The molecule has 0 unspecified atom stereocenters. The van der Waals surface area contributed by atoms with E-state index in [4.69, 9.17) is 16.2 Å². The summed E-state index contributed by atoms with van der Waals surface area (Å²) in [5.74, 6) is -0.476. The summed E-state index contributed by atoms with van der Waals surface area (Å²) >= 11 is 0. The van der Waals surface area contributed by atoms with Crippen LogP contribution in [-0.2, 0) is 17.9 Å². The predicted octanol–water partition coefficient (Wildman–Crippen LogP) is 2.79. The fourth-order valence-corrected chi connectivity index (χ4v) is 3.45. The lowest BCUT2D eigenvalue weighted by atomic mass is 9.95. The largest absolute Gasteiger partial charge is 0.484 e. The monoisotopic (exact) mass is 397 g/mol. The van der Waals surface area contributed by atoms with Crippen molar-refractivity contribution in [2.24, 2.45) is 17.4 Å². The van der Waals surface area contributed by atoms with Gasteiger partial charge in [-0.2, -0.15) is 0 Å². The molecule has 1 amide bonds. The molecule has 6 nitrogen and oxygen atoms in total. The van der Waals surface area contributed by atoms with Crippen molar-refractivity contribution in [2.45, 2.75) is 26.9 Å². The molecular formula is C22H24FN3O3. The Morgan fingerprint density at radius 2 is 1.90 bits per heavy atom. The van der Waals surface area contributed by atoms with Crippen molar-refractivity contribution in [3.63, 3.8) is 0 Å². The van der Waals surface area contributed by atoms with E-state index in [1.165, 1.54) is 6.07 Å². The summed E-state index contributed by atoms with van der Waals surface area (Å²) in [5.41, 5.74) is 12.4. The van der Waals surface area contributed by atoms with E-state index >= 15 is 0 Å². The molecule has 0 aliphatic carbocycles. The number of hydrogen-bond acceptors (Lipinski definition) is 4. The van der Waals surface area contributed by atoms with Gasteiger partial charge in [-0.3, -0.25) is 9.59 Å². The first kappa shape index (κ1) is 20.5. The van der Waals surface area contributed by atoms with Crippen LogP contribution in [0.1, 0.15) is 19.5 Å². The van der Waals surface area contributed by atoms with Crippen LogP contribution in [-0.4, -0.2) is 17.1 Å².